The fourth-order valence-corrected chi connectivity index (χ4v) is 2.35. The van der Waals surface area contributed by atoms with E-state index >= 15 is 0 Å². The number of pyridine rings is 1. The van der Waals surface area contributed by atoms with Crippen LogP contribution in [0.15, 0.2) is 23.1 Å². The Morgan fingerprint density at radius 1 is 1.33 bits per heavy atom. The van der Waals surface area contributed by atoms with Crippen molar-refractivity contribution in [1.82, 2.24) is 15.2 Å². The number of hydrogen-bond donors (Lipinski definition) is 2. The van der Waals surface area contributed by atoms with Crippen LogP contribution in [-0.4, -0.2) is 40.8 Å². The van der Waals surface area contributed by atoms with Gasteiger partial charge in [0.15, 0.2) is 0 Å². The fraction of sp³-hybridized carbons (Fsp3) is 0.533. The second kappa shape index (κ2) is 6.56. The molecule has 2 amide bonds. The highest BCUT2D eigenvalue weighted by molar-refractivity contribution is 5.94. The predicted octanol–water partition coefficient (Wildman–Crippen LogP) is 0.752. The molecule has 1 saturated heterocycles. The lowest BCUT2D eigenvalue weighted by Gasteiger charge is -2.32. The molecule has 21 heavy (non-hydrogen) atoms. The van der Waals surface area contributed by atoms with Crippen LogP contribution in [0.5, 0.6) is 0 Å². The molecule has 0 spiro atoms. The highest BCUT2D eigenvalue weighted by Gasteiger charge is 2.25. The molecule has 1 fully saturated rings. The maximum atomic E-state index is 12.3. The molecule has 1 aliphatic rings. The third kappa shape index (κ3) is 3.93. The summed E-state index contributed by atoms with van der Waals surface area (Å²) >= 11 is 0. The molecule has 0 unspecified atom stereocenters. The Bertz CT molecular complexity index is 572. The van der Waals surface area contributed by atoms with Crippen LogP contribution in [0, 0.1) is 5.92 Å². The number of rotatable bonds is 3. The Kier molecular flexibility index (Phi) is 4.77. The van der Waals surface area contributed by atoms with Crippen LogP contribution >= 0.6 is 0 Å². The predicted molar refractivity (Wildman–Crippen MR) is 79.0 cm³/mol. The summed E-state index contributed by atoms with van der Waals surface area (Å²) in [4.78, 5) is 39.4. The van der Waals surface area contributed by atoms with Crippen molar-refractivity contribution in [3.63, 3.8) is 0 Å². The lowest BCUT2D eigenvalue weighted by molar-refractivity contribution is -0.124. The van der Waals surface area contributed by atoms with Crippen molar-refractivity contribution >= 4 is 11.8 Å². The van der Waals surface area contributed by atoms with E-state index in [0.717, 1.165) is 12.8 Å². The molecule has 2 rings (SSSR count). The molecular formula is C15H21N3O3. The van der Waals surface area contributed by atoms with Crippen molar-refractivity contribution in [1.29, 1.82) is 0 Å². The summed E-state index contributed by atoms with van der Waals surface area (Å²) in [5.41, 5.74) is 0.128. The Balaban J connectivity index is 1.90. The zero-order chi connectivity index (χ0) is 15.4. The van der Waals surface area contributed by atoms with Gasteiger partial charge in [0.2, 0.25) is 11.5 Å². The van der Waals surface area contributed by atoms with Crippen molar-refractivity contribution in [2.24, 2.45) is 5.92 Å². The Labute approximate surface area is 123 Å². The van der Waals surface area contributed by atoms with E-state index in [1.54, 1.807) is 11.0 Å². The monoisotopic (exact) mass is 291 g/mol. The van der Waals surface area contributed by atoms with Gasteiger partial charge in [0, 0.05) is 42.9 Å². The van der Waals surface area contributed by atoms with E-state index in [1.807, 2.05) is 13.8 Å². The third-order valence-electron chi connectivity index (χ3n) is 3.67. The van der Waals surface area contributed by atoms with Crippen LogP contribution in [0.2, 0.25) is 0 Å². The van der Waals surface area contributed by atoms with Crippen LogP contribution in [0.3, 0.4) is 0 Å². The average Bonchev–Trinajstić information content (AvgIpc) is 2.47. The van der Waals surface area contributed by atoms with E-state index in [9.17, 15) is 14.4 Å². The van der Waals surface area contributed by atoms with E-state index < -0.39 is 0 Å². The summed E-state index contributed by atoms with van der Waals surface area (Å²) in [6.07, 6.45) is 2.96. The molecule has 0 bridgehead atoms. The fourth-order valence-electron chi connectivity index (χ4n) is 2.35. The average molecular weight is 291 g/mol. The van der Waals surface area contributed by atoms with Gasteiger partial charge < -0.3 is 15.2 Å². The Morgan fingerprint density at radius 3 is 2.57 bits per heavy atom. The zero-order valence-electron chi connectivity index (χ0n) is 12.4. The summed E-state index contributed by atoms with van der Waals surface area (Å²) in [5.74, 6) is -0.107. The molecule has 1 aliphatic heterocycles. The number of nitrogens with zero attached hydrogens (tertiary/aromatic N) is 1. The largest absolute Gasteiger partial charge is 0.353 e. The molecular weight excluding hydrogens is 270 g/mol. The molecule has 2 heterocycles. The standard InChI is InChI=1S/C15H21N3O3/c1-10(2)14(20)17-12-4-7-18(8-5-12)15(21)11-3-6-16-13(19)9-11/h3,6,9-10,12H,4-5,7-8H2,1-2H3,(H,16,19)(H,17,20). The molecule has 0 aliphatic carbocycles. The van der Waals surface area contributed by atoms with Crippen LogP contribution < -0.4 is 10.9 Å². The number of aromatic amines is 1. The molecule has 114 valence electrons. The van der Waals surface area contributed by atoms with Gasteiger partial charge in [-0.15, -0.1) is 0 Å². The number of piperidine rings is 1. The lowest BCUT2D eigenvalue weighted by Crippen LogP contribution is -2.47. The van der Waals surface area contributed by atoms with Crippen molar-refractivity contribution in [2.75, 3.05) is 13.1 Å². The van der Waals surface area contributed by atoms with Crippen molar-refractivity contribution in [3.8, 4) is 0 Å². The summed E-state index contributed by atoms with van der Waals surface area (Å²) in [6, 6.07) is 3.05. The van der Waals surface area contributed by atoms with Gasteiger partial charge in [-0.3, -0.25) is 14.4 Å². The SMILES string of the molecule is CC(C)C(=O)NC1CCN(C(=O)c2cc[nH]c(=O)c2)CC1. The highest BCUT2D eigenvalue weighted by Crippen LogP contribution is 2.13. The van der Waals surface area contributed by atoms with Crippen LogP contribution in [-0.2, 0) is 4.79 Å². The Hall–Kier alpha value is -2.11. The number of H-pyrrole nitrogens is 1. The second-order valence-corrected chi connectivity index (χ2v) is 5.67. The molecule has 1 aromatic rings. The van der Waals surface area contributed by atoms with E-state index in [-0.39, 0.29) is 29.3 Å². The first-order chi connectivity index (χ1) is 9.97. The van der Waals surface area contributed by atoms with Gasteiger partial charge in [-0.1, -0.05) is 13.8 Å². The smallest absolute Gasteiger partial charge is 0.254 e. The molecule has 0 radical (unpaired) electrons. The number of nitrogens with one attached hydrogen (secondary N) is 2. The summed E-state index contributed by atoms with van der Waals surface area (Å²) in [6.45, 7) is 4.91. The van der Waals surface area contributed by atoms with E-state index in [0.29, 0.717) is 18.7 Å². The quantitative estimate of drug-likeness (QED) is 0.862. The lowest BCUT2D eigenvalue weighted by atomic mass is 10.0. The van der Waals surface area contributed by atoms with Crippen molar-refractivity contribution < 1.29 is 9.59 Å². The number of aromatic nitrogens is 1. The second-order valence-electron chi connectivity index (χ2n) is 5.67. The van der Waals surface area contributed by atoms with E-state index in [1.165, 1.54) is 12.3 Å². The number of carbonyl (C=O) groups is 2. The maximum Gasteiger partial charge on any atom is 0.254 e. The van der Waals surface area contributed by atoms with Gasteiger partial charge in [0.25, 0.3) is 5.91 Å². The number of hydrogen-bond acceptors (Lipinski definition) is 3. The highest BCUT2D eigenvalue weighted by atomic mass is 16.2. The number of likely N-dealkylation sites (tertiary alicyclic amines) is 1. The molecule has 0 aromatic carbocycles. The Morgan fingerprint density at radius 2 is 2.00 bits per heavy atom. The van der Waals surface area contributed by atoms with Gasteiger partial charge in [-0.2, -0.15) is 0 Å². The third-order valence-corrected chi connectivity index (χ3v) is 3.67. The molecule has 6 heteroatoms. The summed E-state index contributed by atoms with van der Waals surface area (Å²) in [7, 11) is 0. The summed E-state index contributed by atoms with van der Waals surface area (Å²) in [5, 5.41) is 2.99. The van der Waals surface area contributed by atoms with Gasteiger partial charge in [-0.25, -0.2) is 0 Å². The van der Waals surface area contributed by atoms with Crippen molar-refractivity contribution in [2.45, 2.75) is 32.7 Å². The minimum absolute atomic E-state index is 0.0271. The normalized spacial score (nSPS) is 16.0. The zero-order valence-corrected chi connectivity index (χ0v) is 12.4. The van der Waals surface area contributed by atoms with Crippen LogP contribution in [0.4, 0.5) is 0 Å². The molecule has 0 saturated carbocycles. The van der Waals surface area contributed by atoms with Gasteiger partial charge in [0.1, 0.15) is 0 Å². The minimum atomic E-state index is -0.278. The topological polar surface area (TPSA) is 82.3 Å². The number of amides is 2. The minimum Gasteiger partial charge on any atom is -0.353 e. The van der Waals surface area contributed by atoms with E-state index in [2.05, 4.69) is 10.3 Å². The van der Waals surface area contributed by atoms with Gasteiger partial charge in [0.05, 0.1) is 0 Å². The van der Waals surface area contributed by atoms with E-state index in [4.69, 9.17) is 0 Å². The molecule has 6 nitrogen and oxygen atoms in total. The van der Waals surface area contributed by atoms with Crippen LogP contribution in [0.25, 0.3) is 0 Å². The summed E-state index contributed by atoms with van der Waals surface area (Å²) < 4.78 is 0. The maximum absolute atomic E-state index is 12.3. The van der Waals surface area contributed by atoms with Gasteiger partial charge >= 0.3 is 0 Å². The number of carbonyl (C=O) groups excluding carboxylic acids is 2. The van der Waals surface area contributed by atoms with Gasteiger partial charge in [-0.05, 0) is 18.9 Å². The van der Waals surface area contributed by atoms with Crippen LogP contribution in [0.1, 0.15) is 37.0 Å². The molecule has 2 N–H and O–H groups in total. The molecule has 0 atom stereocenters. The van der Waals surface area contributed by atoms with Crippen molar-refractivity contribution in [3.05, 3.63) is 34.2 Å². The first-order valence-electron chi connectivity index (χ1n) is 7.26. The first kappa shape index (κ1) is 15.3. The first-order valence-corrected chi connectivity index (χ1v) is 7.26. The molecule has 1 aromatic heterocycles.